The third kappa shape index (κ3) is 9.01. The molecule has 2 aromatic heterocycles. The Morgan fingerprint density at radius 1 is 1.00 bits per heavy atom. The molecule has 2 N–H and O–H groups in total. The number of anilines is 1. The number of likely N-dealkylation sites (tertiary alicyclic amines) is 1. The molecule has 2 aliphatic rings. The largest absolute Gasteiger partial charge is 0.460 e. The van der Waals surface area contributed by atoms with Crippen molar-refractivity contribution in [1.29, 1.82) is 0 Å². The van der Waals surface area contributed by atoms with Gasteiger partial charge >= 0.3 is 5.97 Å². The lowest BCUT2D eigenvalue weighted by atomic mass is 9.85. The van der Waals surface area contributed by atoms with E-state index in [9.17, 15) is 14.7 Å². The number of piperidine rings is 2. The van der Waals surface area contributed by atoms with Crippen molar-refractivity contribution in [2.24, 2.45) is 0 Å². The van der Waals surface area contributed by atoms with Crippen LogP contribution >= 0.6 is 0 Å². The van der Waals surface area contributed by atoms with Crippen LogP contribution in [0.25, 0.3) is 22.3 Å². The van der Waals surface area contributed by atoms with Crippen molar-refractivity contribution in [2.75, 3.05) is 37.6 Å². The summed E-state index contributed by atoms with van der Waals surface area (Å²) in [6, 6.07) is 16.1. The highest BCUT2D eigenvalue weighted by atomic mass is 16.6. The Morgan fingerprint density at radius 2 is 1.76 bits per heavy atom. The van der Waals surface area contributed by atoms with Crippen LogP contribution < -0.4 is 10.2 Å². The number of esters is 1. The van der Waals surface area contributed by atoms with Crippen molar-refractivity contribution in [3.8, 4) is 11.3 Å². The van der Waals surface area contributed by atoms with Crippen LogP contribution in [0.2, 0.25) is 0 Å². The number of ether oxygens (including phenoxy) is 1. The maximum absolute atomic E-state index is 13.0. The number of hydrogen-bond acceptors (Lipinski definition) is 9. The highest BCUT2D eigenvalue weighted by molar-refractivity contribution is 5.98. The molecule has 0 bridgehead atoms. The van der Waals surface area contributed by atoms with Crippen molar-refractivity contribution in [3.63, 3.8) is 0 Å². The molecule has 11 nitrogen and oxygen atoms in total. The molecular formula is C38H49N7O4. The van der Waals surface area contributed by atoms with Crippen molar-refractivity contribution in [2.45, 2.75) is 89.5 Å². The minimum Gasteiger partial charge on any atom is -0.460 e. The van der Waals surface area contributed by atoms with Crippen LogP contribution in [-0.2, 0) is 16.1 Å². The lowest BCUT2D eigenvalue weighted by Crippen LogP contribution is -2.51. The summed E-state index contributed by atoms with van der Waals surface area (Å²) in [6.45, 7) is 10.3. The van der Waals surface area contributed by atoms with Gasteiger partial charge in [-0.1, -0.05) is 30.3 Å². The van der Waals surface area contributed by atoms with Crippen LogP contribution in [0.4, 0.5) is 5.82 Å². The van der Waals surface area contributed by atoms with E-state index < -0.39 is 11.2 Å². The van der Waals surface area contributed by atoms with Crippen LogP contribution in [0, 0.1) is 0 Å². The van der Waals surface area contributed by atoms with Gasteiger partial charge in [-0.05, 0) is 77.5 Å². The number of carbonyl (C=O) groups is 2. The number of imidazole rings is 1. The number of hydrogen-bond donors (Lipinski definition) is 2. The fourth-order valence-electron chi connectivity index (χ4n) is 6.91. The smallest absolute Gasteiger partial charge is 0.306 e. The predicted molar refractivity (Wildman–Crippen MR) is 190 cm³/mol. The second kappa shape index (κ2) is 15.0. The van der Waals surface area contributed by atoms with Crippen molar-refractivity contribution in [1.82, 2.24) is 29.7 Å². The molecule has 0 aliphatic carbocycles. The molecule has 4 aromatic rings. The average molecular weight is 668 g/mol. The Kier molecular flexibility index (Phi) is 10.6. The monoisotopic (exact) mass is 667 g/mol. The van der Waals surface area contributed by atoms with Crippen LogP contribution in [0.15, 0.2) is 67.3 Å². The number of aryl methyl sites for hydroxylation is 1. The van der Waals surface area contributed by atoms with Gasteiger partial charge in [0.25, 0.3) is 5.91 Å². The standard InChI is InChI=1S/C38H49N7O4/c1-37(2,3)49-33(46)12-15-38(48)16-23-44(24-17-38)30-13-21-45(22-14-30)35-34(28-8-5-4-6-9-28)41-32-26-29(10-11-31(32)42-35)36(47)40-18-7-20-43-25-19-39-27-43/h4-6,8-11,19,25-27,30,48H,7,12-18,20-24H2,1-3H3,(H,40,47). The number of fused-ring (bicyclic) bond motifs is 1. The molecule has 0 spiro atoms. The van der Waals surface area contributed by atoms with Gasteiger partial charge in [-0.2, -0.15) is 0 Å². The number of aliphatic hydroxyl groups is 1. The number of carbonyl (C=O) groups excluding carboxylic acids is 2. The zero-order valence-corrected chi connectivity index (χ0v) is 29.0. The summed E-state index contributed by atoms with van der Waals surface area (Å²) >= 11 is 0. The first-order chi connectivity index (χ1) is 23.6. The SMILES string of the molecule is CC(C)(C)OC(=O)CCC1(O)CCN(C2CCN(c3nc4ccc(C(=O)NCCCn5ccnc5)cc4nc3-c3ccccc3)CC2)CC1. The zero-order chi connectivity index (χ0) is 34.4. The molecule has 6 rings (SSSR count). The molecular weight excluding hydrogens is 618 g/mol. The van der Waals surface area contributed by atoms with Crippen LogP contribution in [0.3, 0.4) is 0 Å². The van der Waals surface area contributed by atoms with Gasteiger partial charge in [0.2, 0.25) is 0 Å². The minimum absolute atomic E-state index is 0.124. The minimum atomic E-state index is -0.819. The maximum Gasteiger partial charge on any atom is 0.306 e. The molecule has 2 aromatic carbocycles. The summed E-state index contributed by atoms with van der Waals surface area (Å²) in [6.07, 6.45) is 10.2. The topological polar surface area (TPSA) is 126 Å². The average Bonchev–Trinajstić information content (AvgIpc) is 3.62. The van der Waals surface area contributed by atoms with Gasteiger partial charge in [0.15, 0.2) is 5.82 Å². The van der Waals surface area contributed by atoms with Crippen LogP contribution in [-0.4, -0.2) is 91.4 Å². The Morgan fingerprint density at radius 3 is 2.45 bits per heavy atom. The summed E-state index contributed by atoms with van der Waals surface area (Å²) in [7, 11) is 0. The van der Waals surface area contributed by atoms with E-state index in [4.69, 9.17) is 14.7 Å². The number of benzene rings is 2. The van der Waals surface area contributed by atoms with E-state index in [0.29, 0.717) is 42.9 Å². The molecule has 1 amide bonds. The number of nitrogens with one attached hydrogen (secondary N) is 1. The summed E-state index contributed by atoms with van der Waals surface area (Å²) in [5, 5.41) is 14.2. The Balaban J connectivity index is 1.08. The summed E-state index contributed by atoms with van der Waals surface area (Å²) in [5.74, 6) is 0.492. The van der Waals surface area contributed by atoms with Gasteiger partial charge in [0, 0.05) is 75.3 Å². The molecule has 0 atom stereocenters. The number of rotatable bonds is 11. The highest BCUT2D eigenvalue weighted by Gasteiger charge is 2.36. The summed E-state index contributed by atoms with van der Waals surface area (Å²) in [4.78, 5) is 44.4. The Labute approximate surface area is 288 Å². The number of amides is 1. The fourth-order valence-corrected chi connectivity index (χ4v) is 6.91. The van der Waals surface area contributed by atoms with E-state index in [0.717, 1.165) is 74.6 Å². The van der Waals surface area contributed by atoms with Crippen LogP contribution in [0.1, 0.15) is 76.1 Å². The molecule has 0 unspecified atom stereocenters. The van der Waals surface area contributed by atoms with Crippen molar-refractivity contribution in [3.05, 3.63) is 72.8 Å². The van der Waals surface area contributed by atoms with Gasteiger partial charge in [0.1, 0.15) is 11.3 Å². The van der Waals surface area contributed by atoms with E-state index in [1.54, 1.807) is 12.5 Å². The first-order valence-corrected chi connectivity index (χ1v) is 17.6. The van der Waals surface area contributed by atoms with E-state index >= 15 is 0 Å². The quantitative estimate of drug-likeness (QED) is 0.163. The van der Waals surface area contributed by atoms with Crippen molar-refractivity contribution >= 4 is 28.7 Å². The normalized spacial score (nSPS) is 17.3. The molecule has 2 aliphatic heterocycles. The second-order valence-electron chi connectivity index (χ2n) is 14.4. The first-order valence-electron chi connectivity index (χ1n) is 17.6. The zero-order valence-electron chi connectivity index (χ0n) is 29.0. The number of nitrogens with zero attached hydrogens (tertiary/aromatic N) is 6. The van der Waals surface area contributed by atoms with Gasteiger partial charge in [-0.3, -0.25) is 9.59 Å². The molecule has 11 heteroatoms. The lowest BCUT2D eigenvalue weighted by Gasteiger charge is -2.44. The van der Waals surface area contributed by atoms with Crippen molar-refractivity contribution < 1.29 is 19.4 Å². The van der Waals surface area contributed by atoms with E-state index in [-0.39, 0.29) is 18.3 Å². The lowest BCUT2D eigenvalue weighted by molar-refractivity contribution is -0.156. The molecule has 2 saturated heterocycles. The van der Waals surface area contributed by atoms with Gasteiger partial charge < -0.3 is 29.5 Å². The molecule has 0 radical (unpaired) electrons. The van der Waals surface area contributed by atoms with Gasteiger partial charge in [-0.15, -0.1) is 0 Å². The Bertz CT molecular complexity index is 1710. The number of aromatic nitrogens is 4. The van der Waals surface area contributed by atoms with E-state index in [2.05, 4.69) is 32.2 Å². The second-order valence-corrected chi connectivity index (χ2v) is 14.4. The van der Waals surface area contributed by atoms with Crippen LogP contribution in [0.5, 0.6) is 0 Å². The first kappa shape index (κ1) is 34.5. The third-order valence-corrected chi connectivity index (χ3v) is 9.62. The summed E-state index contributed by atoms with van der Waals surface area (Å²) in [5.41, 5.74) is 2.49. The van der Waals surface area contributed by atoms with E-state index in [1.165, 1.54) is 0 Å². The molecule has 4 heterocycles. The predicted octanol–water partition coefficient (Wildman–Crippen LogP) is 5.23. The molecule has 0 saturated carbocycles. The van der Waals surface area contributed by atoms with Gasteiger partial charge in [-0.25, -0.2) is 15.0 Å². The molecule has 260 valence electrons. The van der Waals surface area contributed by atoms with E-state index in [1.807, 2.05) is 67.9 Å². The fraction of sp³-hybridized carbons (Fsp3) is 0.500. The van der Waals surface area contributed by atoms with Gasteiger partial charge in [0.05, 0.1) is 23.0 Å². The Hall–Kier alpha value is -4.35. The molecule has 49 heavy (non-hydrogen) atoms. The third-order valence-electron chi connectivity index (χ3n) is 9.62. The maximum atomic E-state index is 13.0. The highest BCUT2D eigenvalue weighted by Crippen LogP contribution is 2.34. The molecule has 2 fully saturated rings. The summed E-state index contributed by atoms with van der Waals surface area (Å²) < 4.78 is 7.44.